The number of anilines is 1. The van der Waals surface area contributed by atoms with E-state index in [1.807, 2.05) is 6.92 Å². The Balaban J connectivity index is 2.49. The SMILES string of the molecule is COc1cc(C(=O)Nc2c([N+](=O)[O-])ccc(C)c2C)cc(OC)c1OC. The highest BCUT2D eigenvalue weighted by atomic mass is 16.6. The monoisotopic (exact) mass is 360 g/mol. The molecular formula is C18H20N2O6. The summed E-state index contributed by atoms with van der Waals surface area (Å²) in [5.41, 5.74) is 1.66. The van der Waals surface area contributed by atoms with E-state index in [0.29, 0.717) is 22.8 Å². The number of hydrogen-bond acceptors (Lipinski definition) is 6. The summed E-state index contributed by atoms with van der Waals surface area (Å²) in [6, 6.07) is 5.97. The number of carbonyl (C=O) groups is 1. The predicted molar refractivity (Wildman–Crippen MR) is 96.6 cm³/mol. The number of benzene rings is 2. The minimum Gasteiger partial charge on any atom is -0.493 e. The first kappa shape index (κ1) is 19.0. The maximum absolute atomic E-state index is 12.7. The van der Waals surface area contributed by atoms with Crippen molar-refractivity contribution < 1.29 is 23.9 Å². The first-order valence-electron chi connectivity index (χ1n) is 7.70. The number of carbonyl (C=O) groups excluding carboxylic acids is 1. The van der Waals surface area contributed by atoms with Crippen LogP contribution in [0.1, 0.15) is 21.5 Å². The van der Waals surface area contributed by atoms with Crippen molar-refractivity contribution in [2.24, 2.45) is 0 Å². The molecule has 26 heavy (non-hydrogen) atoms. The van der Waals surface area contributed by atoms with E-state index in [-0.39, 0.29) is 16.9 Å². The molecule has 1 amide bonds. The molecule has 0 unspecified atom stereocenters. The molecule has 2 aromatic rings. The Bertz CT molecular complexity index is 838. The Kier molecular flexibility index (Phi) is 5.66. The summed E-state index contributed by atoms with van der Waals surface area (Å²) < 4.78 is 15.7. The average Bonchev–Trinajstić information content (AvgIpc) is 2.63. The van der Waals surface area contributed by atoms with Gasteiger partial charge in [-0.25, -0.2) is 0 Å². The number of nitro groups is 1. The van der Waals surface area contributed by atoms with Crippen molar-refractivity contribution in [3.05, 3.63) is 51.1 Å². The van der Waals surface area contributed by atoms with Gasteiger partial charge in [0.1, 0.15) is 5.69 Å². The molecule has 0 saturated heterocycles. The van der Waals surface area contributed by atoms with Gasteiger partial charge in [-0.05, 0) is 37.1 Å². The molecule has 0 aliphatic rings. The van der Waals surface area contributed by atoms with E-state index in [0.717, 1.165) is 5.56 Å². The Morgan fingerprint density at radius 1 is 1.04 bits per heavy atom. The van der Waals surface area contributed by atoms with Crippen LogP contribution in [0.5, 0.6) is 17.2 Å². The van der Waals surface area contributed by atoms with Crippen molar-refractivity contribution in [2.45, 2.75) is 13.8 Å². The molecule has 0 heterocycles. The van der Waals surface area contributed by atoms with E-state index in [1.165, 1.54) is 39.5 Å². The number of aryl methyl sites for hydroxylation is 1. The van der Waals surface area contributed by atoms with Crippen LogP contribution in [0.4, 0.5) is 11.4 Å². The lowest BCUT2D eigenvalue weighted by Gasteiger charge is -2.15. The molecule has 0 spiro atoms. The van der Waals surface area contributed by atoms with Gasteiger partial charge >= 0.3 is 0 Å². The van der Waals surface area contributed by atoms with E-state index < -0.39 is 10.8 Å². The van der Waals surface area contributed by atoms with Crippen molar-refractivity contribution in [2.75, 3.05) is 26.6 Å². The van der Waals surface area contributed by atoms with E-state index in [2.05, 4.69) is 5.32 Å². The lowest BCUT2D eigenvalue weighted by molar-refractivity contribution is -0.384. The van der Waals surface area contributed by atoms with Gasteiger partial charge in [-0.2, -0.15) is 0 Å². The molecule has 1 N–H and O–H groups in total. The zero-order valence-corrected chi connectivity index (χ0v) is 15.2. The number of hydrogen-bond donors (Lipinski definition) is 1. The fourth-order valence-electron chi connectivity index (χ4n) is 2.51. The quantitative estimate of drug-likeness (QED) is 0.625. The lowest BCUT2D eigenvalue weighted by atomic mass is 10.1. The zero-order chi connectivity index (χ0) is 19.4. The van der Waals surface area contributed by atoms with Crippen molar-refractivity contribution in [3.8, 4) is 17.2 Å². The second-order valence-corrected chi connectivity index (χ2v) is 5.53. The minimum absolute atomic E-state index is 0.161. The molecule has 0 fully saturated rings. The molecule has 0 radical (unpaired) electrons. The summed E-state index contributed by atoms with van der Waals surface area (Å²) >= 11 is 0. The standard InChI is InChI=1S/C18H20N2O6/c1-10-6-7-13(20(22)23)16(11(10)2)19-18(21)12-8-14(24-3)17(26-5)15(9-12)25-4/h6-9H,1-5H3,(H,19,21). The Morgan fingerprint density at radius 2 is 1.62 bits per heavy atom. The number of nitrogens with zero attached hydrogens (tertiary/aromatic N) is 1. The summed E-state index contributed by atoms with van der Waals surface area (Å²) in [4.78, 5) is 23.5. The van der Waals surface area contributed by atoms with Crippen molar-refractivity contribution >= 4 is 17.3 Å². The van der Waals surface area contributed by atoms with E-state index in [1.54, 1.807) is 13.0 Å². The van der Waals surface area contributed by atoms with E-state index in [9.17, 15) is 14.9 Å². The third-order valence-corrected chi connectivity index (χ3v) is 4.08. The van der Waals surface area contributed by atoms with Crippen molar-refractivity contribution in [3.63, 3.8) is 0 Å². The van der Waals surface area contributed by atoms with Crippen LogP contribution in [0.3, 0.4) is 0 Å². The fourth-order valence-corrected chi connectivity index (χ4v) is 2.51. The molecule has 0 saturated carbocycles. The Hall–Kier alpha value is -3.29. The second-order valence-electron chi connectivity index (χ2n) is 5.53. The van der Waals surface area contributed by atoms with Gasteiger partial charge < -0.3 is 19.5 Å². The molecule has 2 aromatic carbocycles. The number of amides is 1. The molecule has 0 bridgehead atoms. The zero-order valence-electron chi connectivity index (χ0n) is 15.2. The van der Waals surface area contributed by atoms with Crippen molar-refractivity contribution in [1.29, 1.82) is 0 Å². The van der Waals surface area contributed by atoms with Gasteiger partial charge in [0.25, 0.3) is 11.6 Å². The number of ether oxygens (including phenoxy) is 3. The summed E-state index contributed by atoms with van der Waals surface area (Å²) in [7, 11) is 4.34. The average molecular weight is 360 g/mol. The lowest BCUT2D eigenvalue weighted by Crippen LogP contribution is -2.15. The second kappa shape index (κ2) is 7.73. The summed E-state index contributed by atoms with van der Waals surface area (Å²) in [6.07, 6.45) is 0. The van der Waals surface area contributed by atoms with Gasteiger partial charge in [-0.3, -0.25) is 14.9 Å². The van der Waals surface area contributed by atoms with Crippen LogP contribution in [-0.2, 0) is 0 Å². The van der Waals surface area contributed by atoms with Gasteiger partial charge in [0.15, 0.2) is 11.5 Å². The molecule has 0 atom stereocenters. The smallest absolute Gasteiger partial charge is 0.293 e. The number of methoxy groups -OCH3 is 3. The minimum atomic E-state index is -0.531. The topological polar surface area (TPSA) is 99.9 Å². The molecule has 8 nitrogen and oxygen atoms in total. The van der Waals surface area contributed by atoms with E-state index in [4.69, 9.17) is 14.2 Å². The van der Waals surface area contributed by atoms with Crippen LogP contribution in [0.25, 0.3) is 0 Å². The molecule has 138 valence electrons. The maximum atomic E-state index is 12.7. The molecular weight excluding hydrogens is 340 g/mol. The first-order chi connectivity index (χ1) is 12.3. The van der Waals surface area contributed by atoms with Crippen molar-refractivity contribution in [1.82, 2.24) is 0 Å². The van der Waals surface area contributed by atoms with Crippen LogP contribution in [0.2, 0.25) is 0 Å². The summed E-state index contributed by atoms with van der Waals surface area (Å²) in [5, 5.41) is 13.9. The Morgan fingerprint density at radius 3 is 2.08 bits per heavy atom. The highest BCUT2D eigenvalue weighted by molar-refractivity contribution is 6.06. The predicted octanol–water partition coefficient (Wildman–Crippen LogP) is 3.49. The highest BCUT2D eigenvalue weighted by Gasteiger charge is 2.22. The van der Waals surface area contributed by atoms with Gasteiger partial charge in [-0.1, -0.05) is 6.07 Å². The molecule has 8 heteroatoms. The van der Waals surface area contributed by atoms with Crippen LogP contribution in [-0.4, -0.2) is 32.2 Å². The van der Waals surface area contributed by atoms with Crippen LogP contribution >= 0.6 is 0 Å². The fraction of sp³-hybridized carbons (Fsp3) is 0.278. The first-order valence-corrected chi connectivity index (χ1v) is 7.70. The van der Waals surface area contributed by atoms with E-state index >= 15 is 0 Å². The Labute approximate surface area is 150 Å². The van der Waals surface area contributed by atoms with Gasteiger partial charge in [0.2, 0.25) is 5.75 Å². The summed E-state index contributed by atoms with van der Waals surface area (Å²) in [5.74, 6) is 0.449. The van der Waals surface area contributed by atoms with Crippen LogP contribution in [0, 0.1) is 24.0 Å². The molecule has 2 rings (SSSR count). The normalized spacial score (nSPS) is 10.2. The van der Waals surface area contributed by atoms with Gasteiger partial charge in [-0.15, -0.1) is 0 Å². The number of rotatable bonds is 6. The van der Waals surface area contributed by atoms with Gasteiger partial charge in [0, 0.05) is 11.6 Å². The summed E-state index contributed by atoms with van der Waals surface area (Å²) in [6.45, 7) is 3.53. The largest absolute Gasteiger partial charge is 0.493 e. The number of nitro benzene ring substituents is 1. The highest BCUT2D eigenvalue weighted by Crippen LogP contribution is 2.38. The third kappa shape index (κ3) is 3.53. The molecule has 0 aromatic heterocycles. The molecule has 0 aliphatic carbocycles. The number of nitrogens with one attached hydrogen (secondary N) is 1. The maximum Gasteiger partial charge on any atom is 0.293 e. The van der Waals surface area contributed by atoms with Crippen LogP contribution < -0.4 is 19.5 Å². The van der Waals surface area contributed by atoms with Crippen LogP contribution in [0.15, 0.2) is 24.3 Å². The third-order valence-electron chi connectivity index (χ3n) is 4.08. The van der Waals surface area contributed by atoms with Gasteiger partial charge in [0.05, 0.1) is 26.3 Å². The molecule has 0 aliphatic heterocycles.